The summed E-state index contributed by atoms with van der Waals surface area (Å²) in [6.45, 7) is 0.401. The molecule has 0 aromatic heterocycles. The van der Waals surface area contributed by atoms with Crippen LogP contribution in [0.4, 0.5) is 0 Å². The van der Waals surface area contributed by atoms with Crippen molar-refractivity contribution in [1.29, 1.82) is 0 Å². The third-order valence-electron chi connectivity index (χ3n) is 2.11. The molecule has 0 aliphatic heterocycles. The van der Waals surface area contributed by atoms with Crippen LogP contribution in [0.3, 0.4) is 0 Å². The minimum Gasteiger partial charge on any atom is -0.394 e. The van der Waals surface area contributed by atoms with Crippen molar-refractivity contribution in [1.82, 2.24) is 9.44 Å². The minimum absolute atomic E-state index is 0.155. The van der Waals surface area contributed by atoms with E-state index in [2.05, 4.69) is 9.44 Å². The van der Waals surface area contributed by atoms with E-state index < -0.39 is 15.7 Å². The molecule has 0 atom stereocenters. The molecule has 0 unspecified atom stereocenters. The molecule has 0 spiro atoms. The first-order chi connectivity index (χ1) is 6.54. The van der Waals surface area contributed by atoms with Crippen LogP contribution < -0.4 is 9.44 Å². The quantitative estimate of drug-likeness (QED) is 0.463. The largest absolute Gasteiger partial charge is 0.394 e. The van der Waals surface area contributed by atoms with Crippen LogP contribution in [0.2, 0.25) is 0 Å². The summed E-state index contributed by atoms with van der Waals surface area (Å²) in [5, 5.41) is 8.91. The van der Waals surface area contributed by atoms with Crippen molar-refractivity contribution in [2.45, 2.75) is 18.4 Å². The molecule has 1 rings (SSSR count). The summed E-state index contributed by atoms with van der Waals surface area (Å²) in [4.78, 5) is 0. The normalized spacial score (nSPS) is 19.6. The molecule has 0 heterocycles. The topological polar surface area (TPSA) is 87.7 Å². The van der Waals surface area contributed by atoms with Crippen molar-refractivity contribution in [2.24, 2.45) is 0 Å². The van der Waals surface area contributed by atoms with E-state index in [0.717, 1.165) is 0 Å². The maximum Gasteiger partial charge on any atom is 0.277 e. The fraction of sp³-hybridized carbons (Fsp3) is 1.00. The van der Waals surface area contributed by atoms with Crippen molar-refractivity contribution in [2.75, 3.05) is 26.9 Å². The lowest BCUT2D eigenvalue weighted by atomic mass is 10.3. The fourth-order valence-electron chi connectivity index (χ4n) is 1.04. The van der Waals surface area contributed by atoms with E-state index in [4.69, 9.17) is 9.84 Å². The van der Waals surface area contributed by atoms with Gasteiger partial charge in [-0.2, -0.15) is 17.9 Å². The molecule has 84 valence electrons. The molecule has 14 heavy (non-hydrogen) atoms. The van der Waals surface area contributed by atoms with E-state index >= 15 is 0 Å². The van der Waals surface area contributed by atoms with Gasteiger partial charge in [0.2, 0.25) is 0 Å². The highest BCUT2D eigenvalue weighted by atomic mass is 32.2. The number of nitrogens with one attached hydrogen (secondary N) is 2. The van der Waals surface area contributed by atoms with Crippen LogP contribution in [-0.2, 0) is 14.9 Å². The van der Waals surface area contributed by atoms with E-state index in [1.165, 1.54) is 7.11 Å². The number of aliphatic hydroxyl groups is 1. The Hall–Kier alpha value is -0.210. The first kappa shape index (κ1) is 11.9. The summed E-state index contributed by atoms with van der Waals surface area (Å²) in [7, 11) is -2.00. The van der Waals surface area contributed by atoms with Crippen LogP contribution in [0.25, 0.3) is 0 Å². The van der Waals surface area contributed by atoms with E-state index in [1.807, 2.05) is 0 Å². The molecule has 6 nitrogen and oxygen atoms in total. The van der Waals surface area contributed by atoms with Crippen LogP contribution in [0.15, 0.2) is 0 Å². The van der Waals surface area contributed by atoms with Gasteiger partial charge in [-0.1, -0.05) is 0 Å². The maximum atomic E-state index is 11.3. The SMILES string of the molecule is COCCNS(=O)(=O)NC1(CO)CC1. The number of methoxy groups -OCH3 is 1. The standard InChI is InChI=1S/C7H16N2O4S/c1-13-5-4-8-14(11,12)9-7(6-10)2-3-7/h8-10H,2-6H2,1H3. The molecule has 0 aromatic carbocycles. The van der Waals surface area contributed by atoms with Gasteiger partial charge in [0.05, 0.1) is 18.8 Å². The van der Waals surface area contributed by atoms with Crippen molar-refractivity contribution in [3.05, 3.63) is 0 Å². The van der Waals surface area contributed by atoms with Gasteiger partial charge in [-0.05, 0) is 12.8 Å². The van der Waals surface area contributed by atoms with E-state index in [0.29, 0.717) is 19.4 Å². The number of ether oxygens (including phenoxy) is 1. The van der Waals surface area contributed by atoms with E-state index in [-0.39, 0.29) is 13.2 Å². The molecule has 3 N–H and O–H groups in total. The molecular formula is C7H16N2O4S. The van der Waals surface area contributed by atoms with Crippen molar-refractivity contribution < 1.29 is 18.3 Å². The number of hydrogen-bond acceptors (Lipinski definition) is 4. The maximum absolute atomic E-state index is 11.3. The summed E-state index contributed by atoms with van der Waals surface area (Å²) < 4.78 is 32.1. The predicted molar refractivity (Wildman–Crippen MR) is 51.0 cm³/mol. The Morgan fingerprint density at radius 2 is 2.14 bits per heavy atom. The highest BCUT2D eigenvalue weighted by Crippen LogP contribution is 2.34. The minimum atomic E-state index is -3.50. The molecule has 1 saturated carbocycles. The third-order valence-corrected chi connectivity index (χ3v) is 3.39. The third kappa shape index (κ3) is 3.50. The zero-order valence-corrected chi connectivity index (χ0v) is 8.93. The summed E-state index contributed by atoms with van der Waals surface area (Å²) in [6.07, 6.45) is 1.38. The van der Waals surface area contributed by atoms with Gasteiger partial charge in [-0.25, -0.2) is 0 Å². The predicted octanol–water partition coefficient (Wildman–Crippen LogP) is -1.42. The van der Waals surface area contributed by atoms with Gasteiger partial charge in [0.1, 0.15) is 0 Å². The van der Waals surface area contributed by atoms with Gasteiger partial charge < -0.3 is 9.84 Å². The average Bonchev–Trinajstić information content (AvgIpc) is 2.85. The molecule has 1 aliphatic rings. The van der Waals surface area contributed by atoms with E-state index in [1.54, 1.807) is 0 Å². The van der Waals surface area contributed by atoms with Crippen LogP contribution in [0, 0.1) is 0 Å². The van der Waals surface area contributed by atoms with Gasteiger partial charge in [0, 0.05) is 13.7 Å². The fourth-order valence-corrected chi connectivity index (χ4v) is 2.31. The van der Waals surface area contributed by atoms with Gasteiger partial charge >= 0.3 is 0 Å². The molecule has 0 amide bonds. The Labute approximate surface area is 83.8 Å². The second-order valence-electron chi connectivity index (χ2n) is 3.43. The molecule has 0 saturated heterocycles. The highest BCUT2D eigenvalue weighted by Gasteiger charge is 2.45. The summed E-state index contributed by atoms with van der Waals surface area (Å²) >= 11 is 0. The lowest BCUT2D eigenvalue weighted by Crippen LogP contribution is -2.46. The van der Waals surface area contributed by atoms with Gasteiger partial charge in [0.25, 0.3) is 10.2 Å². The Kier molecular flexibility index (Phi) is 3.85. The van der Waals surface area contributed by atoms with Crippen molar-refractivity contribution in [3.63, 3.8) is 0 Å². The molecule has 0 aromatic rings. The van der Waals surface area contributed by atoms with Gasteiger partial charge in [-0.3, -0.25) is 0 Å². The lowest BCUT2D eigenvalue weighted by Gasteiger charge is -2.14. The lowest BCUT2D eigenvalue weighted by molar-refractivity contribution is 0.204. The average molecular weight is 224 g/mol. The zero-order chi connectivity index (χ0) is 10.7. The molecule has 1 aliphatic carbocycles. The second kappa shape index (κ2) is 4.54. The van der Waals surface area contributed by atoms with Gasteiger partial charge in [-0.15, -0.1) is 0 Å². The molecule has 0 bridgehead atoms. The first-order valence-electron chi connectivity index (χ1n) is 4.42. The smallest absolute Gasteiger partial charge is 0.277 e. The summed E-state index contributed by atoms with van der Waals surface area (Å²) in [6, 6.07) is 0. The van der Waals surface area contributed by atoms with E-state index in [9.17, 15) is 8.42 Å². The first-order valence-corrected chi connectivity index (χ1v) is 5.90. The number of aliphatic hydroxyl groups excluding tert-OH is 1. The van der Waals surface area contributed by atoms with Gasteiger partial charge in [0.15, 0.2) is 0 Å². The highest BCUT2D eigenvalue weighted by molar-refractivity contribution is 7.87. The summed E-state index contributed by atoms with van der Waals surface area (Å²) in [5.41, 5.74) is -0.612. The molecular weight excluding hydrogens is 208 g/mol. The molecule has 1 fully saturated rings. The van der Waals surface area contributed by atoms with Crippen LogP contribution in [-0.4, -0.2) is 45.9 Å². The zero-order valence-electron chi connectivity index (χ0n) is 8.12. The monoisotopic (exact) mass is 224 g/mol. The van der Waals surface area contributed by atoms with Crippen molar-refractivity contribution >= 4 is 10.2 Å². The Bertz CT molecular complexity index is 273. The Balaban J connectivity index is 2.34. The molecule has 7 heteroatoms. The summed E-state index contributed by atoms with van der Waals surface area (Å²) in [5.74, 6) is 0. The molecule has 0 radical (unpaired) electrons. The number of rotatable bonds is 7. The van der Waals surface area contributed by atoms with Crippen LogP contribution in [0.1, 0.15) is 12.8 Å². The Morgan fingerprint density at radius 1 is 1.50 bits per heavy atom. The Morgan fingerprint density at radius 3 is 2.57 bits per heavy atom. The van der Waals surface area contributed by atoms with Crippen molar-refractivity contribution in [3.8, 4) is 0 Å². The second-order valence-corrected chi connectivity index (χ2v) is 4.93. The van der Waals surface area contributed by atoms with Crippen LogP contribution >= 0.6 is 0 Å². The van der Waals surface area contributed by atoms with Crippen LogP contribution in [0.5, 0.6) is 0 Å². The number of hydrogen-bond donors (Lipinski definition) is 3.